The lowest BCUT2D eigenvalue weighted by molar-refractivity contribution is -0.148. The normalized spacial score (nSPS) is 19.4. The van der Waals surface area contributed by atoms with Crippen LogP contribution in [0.5, 0.6) is 5.75 Å². The highest BCUT2D eigenvalue weighted by Gasteiger charge is 2.43. The molecule has 1 aromatic carbocycles. The predicted molar refractivity (Wildman–Crippen MR) is 124 cm³/mol. The van der Waals surface area contributed by atoms with Gasteiger partial charge in [-0.15, -0.1) is 0 Å². The van der Waals surface area contributed by atoms with Gasteiger partial charge < -0.3 is 19.1 Å². The van der Waals surface area contributed by atoms with Gasteiger partial charge in [0.15, 0.2) is 0 Å². The quantitative estimate of drug-likeness (QED) is 0.478. The standard InChI is InChI=1S/C26H36F3NO5/c1-7-33-22(31)21(16-8-10-30(11-9-16)23(32)35-24(2,3)4)18-13-20-17(12-19(18)26(27,28)29)14-25(5,6)15-34-20/h12-13,16,21H,7-11,14-15H2,1-6H3. The Morgan fingerprint density at radius 2 is 1.80 bits per heavy atom. The molecular formula is C26H36F3NO5. The predicted octanol–water partition coefficient (Wildman–Crippen LogP) is 5.96. The molecule has 35 heavy (non-hydrogen) atoms. The van der Waals surface area contributed by atoms with Gasteiger partial charge in [0.2, 0.25) is 0 Å². The minimum atomic E-state index is -4.64. The van der Waals surface area contributed by atoms with E-state index in [1.807, 2.05) is 13.8 Å². The van der Waals surface area contributed by atoms with Crippen molar-refractivity contribution in [3.63, 3.8) is 0 Å². The van der Waals surface area contributed by atoms with E-state index in [1.165, 1.54) is 11.0 Å². The van der Waals surface area contributed by atoms with Crippen molar-refractivity contribution >= 4 is 12.1 Å². The third kappa shape index (κ3) is 6.61. The number of halogens is 3. The van der Waals surface area contributed by atoms with Gasteiger partial charge >= 0.3 is 18.2 Å². The van der Waals surface area contributed by atoms with E-state index in [-0.39, 0.29) is 30.7 Å². The maximum atomic E-state index is 14.3. The Balaban J connectivity index is 1.95. The average molecular weight is 500 g/mol. The molecule has 0 saturated carbocycles. The Morgan fingerprint density at radius 1 is 1.17 bits per heavy atom. The number of alkyl halides is 3. The van der Waals surface area contributed by atoms with Crippen LogP contribution < -0.4 is 4.74 Å². The zero-order chi connectivity index (χ0) is 26.2. The summed E-state index contributed by atoms with van der Waals surface area (Å²) < 4.78 is 59.2. The lowest BCUT2D eigenvalue weighted by Crippen LogP contribution is -2.43. The van der Waals surface area contributed by atoms with Crippen LogP contribution in [0, 0.1) is 11.3 Å². The molecule has 0 radical (unpaired) electrons. The second kappa shape index (κ2) is 9.90. The van der Waals surface area contributed by atoms with Gasteiger partial charge in [0, 0.05) is 18.5 Å². The Labute approximate surface area is 205 Å². The van der Waals surface area contributed by atoms with Gasteiger partial charge in [-0.1, -0.05) is 13.8 Å². The molecule has 196 valence electrons. The molecule has 2 heterocycles. The van der Waals surface area contributed by atoms with Crippen LogP contribution >= 0.6 is 0 Å². The molecule has 9 heteroatoms. The van der Waals surface area contributed by atoms with Crippen molar-refractivity contribution in [2.45, 2.75) is 78.5 Å². The molecule has 0 aliphatic carbocycles. The van der Waals surface area contributed by atoms with Gasteiger partial charge in [-0.3, -0.25) is 4.79 Å². The van der Waals surface area contributed by atoms with E-state index in [4.69, 9.17) is 14.2 Å². The average Bonchev–Trinajstić information content (AvgIpc) is 2.72. The van der Waals surface area contributed by atoms with E-state index in [0.29, 0.717) is 37.2 Å². The lowest BCUT2D eigenvalue weighted by atomic mass is 9.76. The number of esters is 1. The Kier molecular flexibility index (Phi) is 7.67. The highest BCUT2D eigenvalue weighted by Crippen LogP contribution is 2.46. The first-order valence-electron chi connectivity index (χ1n) is 12.1. The first-order valence-corrected chi connectivity index (χ1v) is 12.1. The van der Waals surface area contributed by atoms with Crippen molar-refractivity contribution in [1.82, 2.24) is 4.90 Å². The first kappa shape index (κ1) is 27.1. The monoisotopic (exact) mass is 499 g/mol. The van der Waals surface area contributed by atoms with Crippen molar-refractivity contribution in [2.24, 2.45) is 11.3 Å². The number of hydrogen-bond donors (Lipinski definition) is 0. The number of carbonyl (C=O) groups is 2. The summed E-state index contributed by atoms with van der Waals surface area (Å²) in [7, 11) is 0. The summed E-state index contributed by atoms with van der Waals surface area (Å²) in [5.41, 5.74) is -1.40. The molecule has 1 atom stereocenters. The Bertz CT molecular complexity index is 944. The van der Waals surface area contributed by atoms with Gasteiger partial charge in [-0.2, -0.15) is 13.2 Å². The zero-order valence-corrected chi connectivity index (χ0v) is 21.4. The van der Waals surface area contributed by atoms with E-state index in [9.17, 15) is 22.8 Å². The van der Waals surface area contributed by atoms with Gasteiger partial charge in [-0.25, -0.2) is 4.79 Å². The van der Waals surface area contributed by atoms with Crippen LogP contribution in [0.2, 0.25) is 0 Å². The van der Waals surface area contributed by atoms with Gasteiger partial charge in [0.25, 0.3) is 0 Å². The maximum Gasteiger partial charge on any atom is 0.416 e. The molecule has 1 saturated heterocycles. The summed E-state index contributed by atoms with van der Waals surface area (Å²) >= 11 is 0. The molecule has 0 bridgehead atoms. The summed E-state index contributed by atoms with van der Waals surface area (Å²) in [6, 6.07) is 2.52. The number of fused-ring (bicyclic) bond motifs is 1. The summed E-state index contributed by atoms with van der Waals surface area (Å²) in [6.07, 6.45) is -3.96. The Hall–Kier alpha value is -2.45. The minimum absolute atomic E-state index is 0.0586. The van der Waals surface area contributed by atoms with E-state index in [2.05, 4.69) is 0 Å². The fourth-order valence-corrected chi connectivity index (χ4v) is 4.80. The van der Waals surface area contributed by atoms with Crippen LogP contribution in [0.1, 0.15) is 77.0 Å². The van der Waals surface area contributed by atoms with Crippen LogP contribution in [-0.4, -0.2) is 48.9 Å². The molecule has 0 spiro atoms. The van der Waals surface area contributed by atoms with Crippen LogP contribution in [0.25, 0.3) is 0 Å². The molecule has 0 aromatic heterocycles. The number of carbonyl (C=O) groups excluding carboxylic acids is 2. The fraction of sp³-hybridized carbons (Fsp3) is 0.692. The third-order valence-corrected chi connectivity index (χ3v) is 6.36. The van der Waals surface area contributed by atoms with Crippen molar-refractivity contribution in [3.05, 3.63) is 28.8 Å². The van der Waals surface area contributed by atoms with Crippen molar-refractivity contribution in [2.75, 3.05) is 26.3 Å². The van der Waals surface area contributed by atoms with Crippen LogP contribution in [0.4, 0.5) is 18.0 Å². The molecule has 2 aliphatic heterocycles. The van der Waals surface area contributed by atoms with Gasteiger partial charge in [0.05, 0.1) is 24.7 Å². The molecule has 1 fully saturated rings. The van der Waals surface area contributed by atoms with Crippen molar-refractivity contribution in [3.8, 4) is 5.75 Å². The zero-order valence-electron chi connectivity index (χ0n) is 21.4. The molecule has 2 aliphatic rings. The van der Waals surface area contributed by atoms with E-state index in [1.54, 1.807) is 27.7 Å². The van der Waals surface area contributed by atoms with Crippen molar-refractivity contribution < 1.29 is 37.0 Å². The molecule has 6 nitrogen and oxygen atoms in total. The number of benzene rings is 1. The second-order valence-corrected chi connectivity index (χ2v) is 11.2. The highest BCUT2D eigenvalue weighted by molar-refractivity contribution is 5.80. The van der Waals surface area contributed by atoms with E-state index in [0.717, 1.165) is 6.07 Å². The molecule has 3 rings (SSSR count). The molecule has 1 unspecified atom stereocenters. The molecular weight excluding hydrogens is 463 g/mol. The number of hydrogen-bond acceptors (Lipinski definition) is 5. The van der Waals surface area contributed by atoms with Gasteiger partial charge in [-0.05, 0) is 76.1 Å². The maximum absolute atomic E-state index is 14.3. The molecule has 1 aromatic rings. The summed E-state index contributed by atoms with van der Waals surface area (Å²) in [5, 5.41) is 0. The first-order chi connectivity index (χ1) is 16.1. The largest absolute Gasteiger partial charge is 0.493 e. The topological polar surface area (TPSA) is 65.1 Å². The van der Waals surface area contributed by atoms with Crippen molar-refractivity contribution in [1.29, 1.82) is 0 Å². The fourth-order valence-electron chi connectivity index (χ4n) is 4.80. The lowest BCUT2D eigenvalue weighted by Gasteiger charge is -2.37. The SMILES string of the molecule is CCOC(=O)C(c1cc2c(cc1C(F)(F)F)CC(C)(C)CO2)C1CCN(C(=O)OC(C)(C)C)CC1. The van der Waals surface area contributed by atoms with E-state index < -0.39 is 41.2 Å². The number of nitrogens with zero attached hydrogens (tertiary/aromatic N) is 1. The Morgan fingerprint density at radius 3 is 2.34 bits per heavy atom. The third-order valence-electron chi connectivity index (χ3n) is 6.36. The number of amides is 1. The number of piperidine rings is 1. The molecule has 0 N–H and O–H groups in total. The minimum Gasteiger partial charge on any atom is -0.493 e. The number of ether oxygens (including phenoxy) is 3. The van der Waals surface area contributed by atoms with Crippen LogP contribution in [0.3, 0.4) is 0 Å². The van der Waals surface area contributed by atoms with Crippen LogP contribution in [-0.2, 0) is 26.9 Å². The summed E-state index contributed by atoms with van der Waals surface area (Å²) in [4.78, 5) is 27.0. The van der Waals surface area contributed by atoms with Crippen LogP contribution in [0.15, 0.2) is 12.1 Å². The highest BCUT2D eigenvalue weighted by atomic mass is 19.4. The summed E-state index contributed by atoms with van der Waals surface area (Å²) in [6.45, 7) is 11.8. The summed E-state index contributed by atoms with van der Waals surface area (Å²) in [5.74, 6) is -1.85. The number of likely N-dealkylation sites (tertiary alicyclic amines) is 1. The second-order valence-electron chi connectivity index (χ2n) is 11.2. The molecule has 1 amide bonds. The number of rotatable bonds is 4. The van der Waals surface area contributed by atoms with E-state index >= 15 is 0 Å². The smallest absolute Gasteiger partial charge is 0.416 e. The van der Waals surface area contributed by atoms with Gasteiger partial charge in [0.1, 0.15) is 11.4 Å².